The Kier molecular flexibility index (Phi) is 3.69. The third-order valence-corrected chi connectivity index (χ3v) is 4.19. The predicted molar refractivity (Wildman–Crippen MR) is 79.7 cm³/mol. The van der Waals surface area contributed by atoms with Gasteiger partial charge in [0, 0.05) is 18.7 Å². The van der Waals surface area contributed by atoms with Gasteiger partial charge in [-0.25, -0.2) is 9.37 Å². The zero-order valence-electron chi connectivity index (χ0n) is 11.8. The second kappa shape index (κ2) is 5.34. The van der Waals surface area contributed by atoms with Gasteiger partial charge < -0.3 is 9.47 Å². The SMILES string of the molecule is CC(Cl)c1nc2cc(F)ccc2n1C1CCCN(C)C1. The minimum Gasteiger partial charge on any atom is -0.322 e. The molecule has 1 fully saturated rings. The van der Waals surface area contributed by atoms with Crippen LogP contribution in [0.5, 0.6) is 0 Å². The van der Waals surface area contributed by atoms with Gasteiger partial charge in [0.15, 0.2) is 0 Å². The van der Waals surface area contributed by atoms with E-state index < -0.39 is 0 Å². The number of nitrogens with zero attached hydrogens (tertiary/aromatic N) is 3. The van der Waals surface area contributed by atoms with Crippen LogP contribution in [0.2, 0.25) is 0 Å². The van der Waals surface area contributed by atoms with Crippen molar-refractivity contribution < 1.29 is 4.39 Å². The molecule has 0 radical (unpaired) electrons. The molecular weight excluding hydrogens is 277 g/mol. The lowest BCUT2D eigenvalue weighted by Crippen LogP contribution is -2.34. The van der Waals surface area contributed by atoms with Crippen molar-refractivity contribution in [3.05, 3.63) is 29.8 Å². The van der Waals surface area contributed by atoms with E-state index in [2.05, 4.69) is 21.5 Å². The van der Waals surface area contributed by atoms with Crippen molar-refractivity contribution in [3.63, 3.8) is 0 Å². The van der Waals surface area contributed by atoms with Crippen molar-refractivity contribution in [3.8, 4) is 0 Å². The average molecular weight is 296 g/mol. The highest BCUT2D eigenvalue weighted by molar-refractivity contribution is 6.20. The highest BCUT2D eigenvalue weighted by Crippen LogP contribution is 2.32. The van der Waals surface area contributed by atoms with Gasteiger partial charge in [-0.05, 0) is 45.5 Å². The molecule has 1 aliphatic heterocycles. The molecule has 3 rings (SSSR count). The third kappa shape index (κ3) is 2.42. The number of aromatic nitrogens is 2. The maximum absolute atomic E-state index is 13.4. The zero-order valence-corrected chi connectivity index (χ0v) is 12.6. The molecule has 2 heterocycles. The van der Waals surface area contributed by atoms with E-state index in [4.69, 9.17) is 11.6 Å². The second-order valence-electron chi connectivity index (χ2n) is 5.65. The smallest absolute Gasteiger partial charge is 0.128 e. The fraction of sp³-hybridized carbons (Fsp3) is 0.533. The second-order valence-corrected chi connectivity index (χ2v) is 6.30. The molecule has 0 aliphatic carbocycles. The number of hydrogen-bond donors (Lipinski definition) is 0. The maximum atomic E-state index is 13.4. The summed E-state index contributed by atoms with van der Waals surface area (Å²) >= 11 is 6.28. The van der Waals surface area contributed by atoms with E-state index in [1.807, 2.05) is 13.0 Å². The number of fused-ring (bicyclic) bond motifs is 1. The van der Waals surface area contributed by atoms with Crippen molar-refractivity contribution in [1.82, 2.24) is 14.5 Å². The number of rotatable bonds is 2. The van der Waals surface area contributed by atoms with E-state index in [0.29, 0.717) is 11.6 Å². The monoisotopic (exact) mass is 295 g/mol. The van der Waals surface area contributed by atoms with E-state index in [1.165, 1.54) is 12.1 Å². The van der Waals surface area contributed by atoms with Crippen molar-refractivity contribution in [2.45, 2.75) is 31.2 Å². The third-order valence-electron chi connectivity index (χ3n) is 4.00. The molecule has 2 aromatic rings. The molecule has 20 heavy (non-hydrogen) atoms. The van der Waals surface area contributed by atoms with Crippen molar-refractivity contribution in [2.75, 3.05) is 20.1 Å². The molecular formula is C15H19ClFN3. The number of benzene rings is 1. The Bertz CT molecular complexity index is 623. The van der Waals surface area contributed by atoms with Crippen molar-refractivity contribution in [2.24, 2.45) is 0 Å². The largest absolute Gasteiger partial charge is 0.322 e. The van der Waals surface area contributed by atoms with Crippen molar-refractivity contribution in [1.29, 1.82) is 0 Å². The number of likely N-dealkylation sites (N-methyl/N-ethyl adjacent to an activating group) is 1. The van der Waals surface area contributed by atoms with E-state index >= 15 is 0 Å². The Morgan fingerprint density at radius 1 is 1.45 bits per heavy atom. The zero-order chi connectivity index (χ0) is 14.3. The molecule has 2 unspecified atom stereocenters. The summed E-state index contributed by atoms with van der Waals surface area (Å²) in [6, 6.07) is 5.16. The molecule has 1 aliphatic rings. The summed E-state index contributed by atoms with van der Waals surface area (Å²) < 4.78 is 15.6. The average Bonchev–Trinajstić information content (AvgIpc) is 2.77. The van der Waals surface area contributed by atoms with Crippen LogP contribution in [0.25, 0.3) is 11.0 Å². The van der Waals surface area contributed by atoms with Crippen LogP contribution in [0.1, 0.15) is 37.0 Å². The molecule has 1 aromatic carbocycles. The molecule has 2 atom stereocenters. The fourth-order valence-corrected chi connectivity index (χ4v) is 3.26. The van der Waals surface area contributed by atoms with Crippen LogP contribution in [0.4, 0.5) is 4.39 Å². The first-order chi connectivity index (χ1) is 9.56. The minimum atomic E-state index is -0.253. The van der Waals surface area contributed by atoms with Crippen LogP contribution in [0.3, 0.4) is 0 Å². The Labute approximate surface area is 123 Å². The number of alkyl halides is 1. The summed E-state index contributed by atoms with van der Waals surface area (Å²) in [6.07, 6.45) is 2.28. The normalized spacial score (nSPS) is 22.3. The molecule has 1 saturated heterocycles. The van der Waals surface area contributed by atoms with Gasteiger partial charge in [-0.3, -0.25) is 0 Å². The van der Waals surface area contributed by atoms with Gasteiger partial charge >= 0.3 is 0 Å². The van der Waals surface area contributed by atoms with E-state index in [-0.39, 0.29) is 11.2 Å². The topological polar surface area (TPSA) is 21.1 Å². The Morgan fingerprint density at radius 2 is 2.25 bits per heavy atom. The Balaban J connectivity index is 2.13. The Morgan fingerprint density at radius 3 is 2.95 bits per heavy atom. The maximum Gasteiger partial charge on any atom is 0.128 e. The van der Waals surface area contributed by atoms with Gasteiger partial charge in [-0.1, -0.05) is 0 Å². The first kappa shape index (κ1) is 13.8. The first-order valence-electron chi connectivity index (χ1n) is 7.06. The highest BCUT2D eigenvalue weighted by Gasteiger charge is 2.25. The molecule has 108 valence electrons. The lowest BCUT2D eigenvalue weighted by Gasteiger charge is -2.32. The van der Waals surface area contributed by atoms with Crippen LogP contribution in [0, 0.1) is 5.82 Å². The van der Waals surface area contributed by atoms with Gasteiger partial charge in [-0.15, -0.1) is 11.6 Å². The van der Waals surface area contributed by atoms with E-state index in [0.717, 1.165) is 37.3 Å². The molecule has 3 nitrogen and oxygen atoms in total. The lowest BCUT2D eigenvalue weighted by atomic mass is 10.1. The fourth-order valence-electron chi connectivity index (χ4n) is 3.10. The quantitative estimate of drug-likeness (QED) is 0.787. The molecule has 0 N–H and O–H groups in total. The summed E-state index contributed by atoms with van der Waals surface area (Å²) in [7, 11) is 2.13. The lowest BCUT2D eigenvalue weighted by molar-refractivity contribution is 0.212. The molecule has 1 aromatic heterocycles. The molecule has 0 bridgehead atoms. The molecule has 0 amide bonds. The van der Waals surface area contributed by atoms with Crippen LogP contribution < -0.4 is 0 Å². The van der Waals surface area contributed by atoms with Crippen LogP contribution in [-0.4, -0.2) is 34.6 Å². The van der Waals surface area contributed by atoms with Crippen molar-refractivity contribution >= 4 is 22.6 Å². The summed E-state index contributed by atoms with van der Waals surface area (Å²) in [5, 5.41) is -0.183. The Hall–Kier alpha value is -1.13. The van der Waals surface area contributed by atoms with Gasteiger partial charge in [0.25, 0.3) is 0 Å². The van der Waals surface area contributed by atoms with E-state index in [9.17, 15) is 4.39 Å². The van der Waals surface area contributed by atoms with E-state index in [1.54, 1.807) is 0 Å². The van der Waals surface area contributed by atoms with Crippen LogP contribution >= 0.6 is 11.6 Å². The number of imidazole rings is 1. The van der Waals surface area contributed by atoms with Gasteiger partial charge in [0.05, 0.1) is 16.4 Å². The van der Waals surface area contributed by atoms with Crippen LogP contribution in [0.15, 0.2) is 18.2 Å². The minimum absolute atomic E-state index is 0.183. The number of hydrogen-bond acceptors (Lipinski definition) is 2. The summed E-state index contributed by atoms with van der Waals surface area (Å²) in [5.41, 5.74) is 1.68. The standard InChI is InChI=1S/C15H19ClFN3/c1-10(16)15-18-13-8-11(17)5-6-14(13)20(15)12-4-3-7-19(2)9-12/h5-6,8,10,12H,3-4,7,9H2,1-2H3. The van der Waals surface area contributed by atoms with Crippen LogP contribution in [-0.2, 0) is 0 Å². The molecule has 0 spiro atoms. The van der Waals surface area contributed by atoms with Gasteiger partial charge in [-0.2, -0.15) is 0 Å². The molecule has 5 heteroatoms. The van der Waals surface area contributed by atoms with Gasteiger partial charge in [0.2, 0.25) is 0 Å². The summed E-state index contributed by atoms with van der Waals surface area (Å²) in [4.78, 5) is 6.87. The molecule has 0 saturated carbocycles. The highest BCUT2D eigenvalue weighted by atomic mass is 35.5. The van der Waals surface area contributed by atoms with Gasteiger partial charge in [0.1, 0.15) is 11.6 Å². The summed E-state index contributed by atoms with van der Waals surface area (Å²) in [6.45, 7) is 4.03. The number of piperidine rings is 1. The number of likely N-dealkylation sites (tertiary alicyclic amines) is 1. The first-order valence-corrected chi connectivity index (χ1v) is 7.50. The number of halogens is 2. The summed E-state index contributed by atoms with van der Waals surface area (Å²) in [5.74, 6) is 0.587. The predicted octanol–water partition coefficient (Wildman–Crippen LogP) is 3.74.